The standard InChI is InChI=1S/C12H18N2S/c1-10-12(5-8-15-10)14-7-4-11-3-2-6-13-9-11/h2-3,6,9-10,12,14H,4-5,7-8H2,1H3. The highest BCUT2D eigenvalue weighted by molar-refractivity contribution is 8.00. The van der Waals surface area contributed by atoms with Crippen molar-refractivity contribution in [2.24, 2.45) is 0 Å². The van der Waals surface area contributed by atoms with Gasteiger partial charge in [-0.15, -0.1) is 0 Å². The van der Waals surface area contributed by atoms with E-state index in [1.165, 1.54) is 17.7 Å². The minimum absolute atomic E-state index is 0.715. The molecule has 1 aliphatic heterocycles. The van der Waals surface area contributed by atoms with Gasteiger partial charge in [0, 0.05) is 23.7 Å². The van der Waals surface area contributed by atoms with Crippen molar-refractivity contribution in [1.82, 2.24) is 10.3 Å². The molecule has 1 aromatic rings. The van der Waals surface area contributed by atoms with Crippen molar-refractivity contribution in [2.75, 3.05) is 12.3 Å². The monoisotopic (exact) mass is 222 g/mol. The zero-order chi connectivity index (χ0) is 10.5. The van der Waals surface area contributed by atoms with Crippen molar-refractivity contribution < 1.29 is 0 Å². The van der Waals surface area contributed by atoms with Crippen molar-refractivity contribution in [3.05, 3.63) is 30.1 Å². The summed E-state index contributed by atoms with van der Waals surface area (Å²) in [7, 11) is 0. The molecule has 3 heteroatoms. The Morgan fingerprint density at radius 3 is 3.20 bits per heavy atom. The van der Waals surface area contributed by atoms with Crippen LogP contribution in [-0.2, 0) is 6.42 Å². The third kappa shape index (κ3) is 3.21. The van der Waals surface area contributed by atoms with E-state index in [-0.39, 0.29) is 0 Å². The van der Waals surface area contributed by atoms with Crippen molar-refractivity contribution in [3.63, 3.8) is 0 Å². The minimum atomic E-state index is 0.715. The fourth-order valence-corrected chi connectivity index (χ4v) is 3.17. The Morgan fingerprint density at radius 2 is 2.53 bits per heavy atom. The van der Waals surface area contributed by atoms with E-state index in [2.05, 4.69) is 35.1 Å². The third-order valence-corrected chi connectivity index (χ3v) is 4.24. The van der Waals surface area contributed by atoms with Crippen LogP contribution < -0.4 is 5.32 Å². The lowest BCUT2D eigenvalue weighted by Crippen LogP contribution is -2.34. The summed E-state index contributed by atoms with van der Waals surface area (Å²) in [5, 5.41) is 4.41. The Bertz CT molecular complexity index is 289. The maximum atomic E-state index is 4.12. The van der Waals surface area contributed by atoms with Gasteiger partial charge in [0.15, 0.2) is 0 Å². The highest BCUT2D eigenvalue weighted by Gasteiger charge is 2.22. The molecular weight excluding hydrogens is 204 g/mol. The highest BCUT2D eigenvalue weighted by Crippen LogP contribution is 2.25. The Morgan fingerprint density at radius 1 is 1.60 bits per heavy atom. The van der Waals surface area contributed by atoms with E-state index in [0.717, 1.165) is 18.2 Å². The van der Waals surface area contributed by atoms with Crippen LogP contribution in [0.5, 0.6) is 0 Å². The average Bonchev–Trinajstić information content (AvgIpc) is 2.66. The zero-order valence-corrected chi connectivity index (χ0v) is 9.96. The van der Waals surface area contributed by atoms with Crippen LogP contribution in [0, 0.1) is 0 Å². The molecule has 82 valence electrons. The SMILES string of the molecule is CC1SCCC1NCCc1cccnc1. The fraction of sp³-hybridized carbons (Fsp3) is 0.583. The van der Waals surface area contributed by atoms with E-state index in [9.17, 15) is 0 Å². The van der Waals surface area contributed by atoms with Gasteiger partial charge in [-0.1, -0.05) is 13.0 Å². The number of thioether (sulfide) groups is 1. The topological polar surface area (TPSA) is 24.9 Å². The Hall–Kier alpha value is -0.540. The number of nitrogens with zero attached hydrogens (tertiary/aromatic N) is 1. The van der Waals surface area contributed by atoms with E-state index in [1.807, 2.05) is 18.5 Å². The van der Waals surface area contributed by atoms with Gasteiger partial charge < -0.3 is 5.32 Å². The molecule has 1 N–H and O–H groups in total. The Kier molecular flexibility index (Phi) is 4.03. The van der Waals surface area contributed by atoms with Crippen LogP contribution in [0.25, 0.3) is 0 Å². The van der Waals surface area contributed by atoms with Crippen LogP contribution in [0.1, 0.15) is 18.9 Å². The van der Waals surface area contributed by atoms with Gasteiger partial charge in [0.1, 0.15) is 0 Å². The van der Waals surface area contributed by atoms with Crippen LogP contribution in [0.4, 0.5) is 0 Å². The summed E-state index contributed by atoms with van der Waals surface area (Å²) in [4.78, 5) is 4.12. The first-order chi connectivity index (χ1) is 7.36. The maximum Gasteiger partial charge on any atom is 0.0300 e. The summed E-state index contributed by atoms with van der Waals surface area (Å²) in [5.41, 5.74) is 1.32. The summed E-state index contributed by atoms with van der Waals surface area (Å²) in [5.74, 6) is 1.31. The predicted octanol–water partition coefficient (Wildman–Crippen LogP) is 2.11. The average molecular weight is 222 g/mol. The summed E-state index contributed by atoms with van der Waals surface area (Å²) in [6, 6.07) is 4.86. The summed E-state index contributed by atoms with van der Waals surface area (Å²) in [6.45, 7) is 3.39. The highest BCUT2D eigenvalue weighted by atomic mass is 32.2. The van der Waals surface area contributed by atoms with E-state index in [0.29, 0.717) is 6.04 Å². The molecular formula is C12H18N2S. The largest absolute Gasteiger partial charge is 0.313 e. The van der Waals surface area contributed by atoms with E-state index >= 15 is 0 Å². The van der Waals surface area contributed by atoms with Crippen LogP contribution in [0.15, 0.2) is 24.5 Å². The smallest absolute Gasteiger partial charge is 0.0300 e. The van der Waals surface area contributed by atoms with Gasteiger partial charge in [0.25, 0.3) is 0 Å². The normalized spacial score (nSPS) is 25.7. The van der Waals surface area contributed by atoms with E-state index in [1.54, 1.807) is 0 Å². The molecule has 2 nitrogen and oxygen atoms in total. The van der Waals surface area contributed by atoms with Gasteiger partial charge in [-0.05, 0) is 36.8 Å². The van der Waals surface area contributed by atoms with Crippen molar-refractivity contribution >= 4 is 11.8 Å². The Balaban J connectivity index is 1.71. The molecule has 2 atom stereocenters. The molecule has 0 aromatic carbocycles. The van der Waals surface area contributed by atoms with Crippen molar-refractivity contribution in [3.8, 4) is 0 Å². The number of pyridine rings is 1. The Labute approximate surface area is 95.9 Å². The first-order valence-electron chi connectivity index (χ1n) is 5.60. The summed E-state index contributed by atoms with van der Waals surface area (Å²) < 4.78 is 0. The number of hydrogen-bond acceptors (Lipinski definition) is 3. The molecule has 0 aliphatic carbocycles. The van der Waals surface area contributed by atoms with Gasteiger partial charge in [0.2, 0.25) is 0 Å². The molecule has 0 spiro atoms. The summed E-state index contributed by atoms with van der Waals surface area (Å²) >= 11 is 2.08. The number of nitrogens with one attached hydrogen (secondary N) is 1. The number of hydrogen-bond donors (Lipinski definition) is 1. The lowest BCUT2D eigenvalue weighted by Gasteiger charge is -2.16. The van der Waals surface area contributed by atoms with Gasteiger partial charge >= 0.3 is 0 Å². The summed E-state index contributed by atoms with van der Waals surface area (Å²) in [6.07, 6.45) is 6.18. The van der Waals surface area contributed by atoms with Crippen LogP contribution in [0.2, 0.25) is 0 Å². The van der Waals surface area contributed by atoms with E-state index < -0.39 is 0 Å². The molecule has 2 unspecified atom stereocenters. The molecule has 1 aromatic heterocycles. The van der Waals surface area contributed by atoms with Gasteiger partial charge in [-0.2, -0.15) is 11.8 Å². The second-order valence-electron chi connectivity index (χ2n) is 4.04. The molecule has 0 amide bonds. The zero-order valence-electron chi connectivity index (χ0n) is 9.15. The molecule has 0 saturated carbocycles. The van der Waals surface area contributed by atoms with Crippen LogP contribution >= 0.6 is 11.8 Å². The number of rotatable bonds is 4. The third-order valence-electron chi connectivity index (χ3n) is 2.92. The molecule has 0 bridgehead atoms. The quantitative estimate of drug-likeness (QED) is 0.844. The molecule has 1 aliphatic rings. The first kappa shape index (κ1) is 11.0. The van der Waals surface area contributed by atoms with Crippen LogP contribution in [-0.4, -0.2) is 28.6 Å². The van der Waals surface area contributed by atoms with Gasteiger partial charge in [0.05, 0.1) is 0 Å². The van der Waals surface area contributed by atoms with Crippen molar-refractivity contribution in [1.29, 1.82) is 0 Å². The second kappa shape index (κ2) is 5.52. The minimum Gasteiger partial charge on any atom is -0.313 e. The first-order valence-corrected chi connectivity index (χ1v) is 6.65. The maximum absolute atomic E-state index is 4.12. The molecule has 1 fully saturated rings. The molecule has 2 rings (SSSR count). The lowest BCUT2D eigenvalue weighted by atomic mass is 10.1. The fourth-order valence-electron chi connectivity index (χ4n) is 1.95. The molecule has 0 radical (unpaired) electrons. The van der Waals surface area contributed by atoms with Gasteiger partial charge in [-0.25, -0.2) is 0 Å². The second-order valence-corrected chi connectivity index (χ2v) is 5.52. The van der Waals surface area contributed by atoms with Crippen molar-refractivity contribution in [2.45, 2.75) is 31.1 Å². The molecule has 1 saturated heterocycles. The number of aromatic nitrogens is 1. The van der Waals surface area contributed by atoms with Gasteiger partial charge in [-0.3, -0.25) is 4.98 Å². The molecule has 2 heterocycles. The predicted molar refractivity (Wildman–Crippen MR) is 66.3 cm³/mol. The lowest BCUT2D eigenvalue weighted by molar-refractivity contribution is 0.516. The van der Waals surface area contributed by atoms with E-state index in [4.69, 9.17) is 0 Å². The van der Waals surface area contributed by atoms with Crippen LogP contribution in [0.3, 0.4) is 0 Å². The molecule has 15 heavy (non-hydrogen) atoms.